The van der Waals surface area contributed by atoms with Crippen molar-refractivity contribution in [2.75, 3.05) is 0 Å². The van der Waals surface area contributed by atoms with Crippen molar-refractivity contribution in [3.8, 4) is 11.1 Å². The molecule has 0 unspecified atom stereocenters. The molecule has 4 aromatic carbocycles. The molecule has 8 N–H and O–H groups in total. The molecule has 0 aliphatic carbocycles. The van der Waals surface area contributed by atoms with Gasteiger partial charge in [-0.15, -0.1) is 12.4 Å². The van der Waals surface area contributed by atoms with E-state index in [0.29, 0.717) is 34.2 Å². The van der Waals surface area contributed by atoms with Crippen LogP contribution in [0.15, 0.2) is 89.4 Å². The Hall–Kier alpha value is -2.67. The highest BCUT2D eigenvalue weighted by molar-refractivity contribution is 9.10. The Kier molecular flexibility index (Phi) is 15.7. The summed E-state index contributed by atoms with van der Waals surface area (Å²) >= 11 is 3.06. The summed E-state index contributed by atoms with van der Waals surface area (Å²) in [6.07, 6.45) is 0. The van der Waals surface area contributed by atoms with Gasteiger partial charge in [0.25, 0.3) is 0 Å². The molecule has 0 aliphatic rings. The average Bonchev–Trinajstić information content (AvgIpc) is 2.95. The highest BCUT2D eigenvalue weighted by Gasteiger charge is 2.10. The molecule has 0 aliphatic heterocycles. The van der Waals surface area contributed by atoms with Crippen molar-refractivity contribution < 1.29 is 29.0 Å². The van der Waals surface area contributed by atoms with Crippen LogP contribution >= 0.6 is 28.3 Å². The molecule has 11 heteroatoms. The van der Waals surface area contributed by atoms with Crippen molar-refractivity contribution in [3.63, 3.8) is 0 Å². The van der Waals surface area contributed by atoms with Gasteiger partial charge < -0.3 is 31.7 Å². The van der Waals surface area contributed by atoms with E-state index in [4.69, 9.17) is 31.7 Å². The van der Waals surface area contributed by atoms with Crippen LogP contribution in [0.4, 0.5) is 8.78 Å². The number of aliphatic hydroxyl groups excluding tert-OH is 2. The molecule has 0 saturated heterocycles. The Morgan fingerprint density at radius 1 is 0.667 bits per heavy atom. The fourth-order valence-corrected chi connectivity index (χ4v) is 3.70. The van der Waals surface area contributed by atoms with Gasteiger partial charge in [-0.3, -0.25) is 0 Å². The van der Waals surface area contributed by atoms with E-state index in [1.807, 2.05) is 6.07 Å². The smallest absolute Gasteiger partial charge is 0.423 e. The molecule has 0 aromatic heterocycles. The minimum absolute atomic E-state index is 0. The Morgan fingerprint density at radius 2 is 1.21 bits per heavy atom. The van der Waals surface area contributed by atoms with Gasteiger partial charge in [0.1, 0.15) is 11.6 Å². The first kappa shape index (κ1) is 34.4. The molecule has 4 aromatic rings. The van der Waals surface area contributed by atoms with Crippen LogP contribution < -0.4 is 16.9 Å². The van der Waals surface area contributed by atoms with Crippen LogP contribution in [-0.4, -0.2) is 27.4 Å². The van der Waals surface area contributed by atoms with E-state index in [2.05, 4.69) is 15.9 Å². The lowest BCUT2D eigenvalue weighted by atomic mass is 9.80. The number of hydrogen-bond donors (Lipinski definition) is 6. The topological polar surface area (TPSA) is 133 Å². The second-order valence-electron chi connectivity index (χ2n) is 8.11. The molecule has 0 bridgehead atoms. The van der Waals surface area contributed by atoms with Gasteiger partial charge in [-0.25, -0.2) is 8.78 Å². The van der Waals surface area contributed by atoms with Gasteiger partial charge in [0.15, 0.2) is 0 Å². The third-order valence-corrected chi connectivity index (χ3v) is 5.95. The zero-order valence-electron chi connectivity index (χ0n) is 21.0. The first-order chi connectivity index (χ1) is 18.2. The van der Waals surface area contributed by atoms with Crippen molar-refractivity contribution in [1.82, 2.24) is 0 Å². The Morgan fingerprint density at radius 3 is 1.74 bits per heavy atom. The van der Waals surface area contributed by atoms with Crippen LogP contribution in [-0.2, 0) is 26.3 Å². The van der Waals surface area contributed by atoms with Crippen LogP contribution in [0.25, 0.3) is 11.1 Å². The Bertz CT molecular complexity index is 1320. The molecule has 39 heavy (non-hydrogen) atoms. The van der Waals surface area contributed by atoms with Crippen molar-refractivity contribution in [3.05, 3.63) is 123 Å². The number of nitrogens with two attached hydrogens (primary N) is 2. The maximum atomic E-state index is 13.7. The fourth-order valence-electron chi connectivity index (χ4n) is 3.28. The standard InChI is InChI=1S/C14H14FNO.C7H9BO3.C7H7BrFN.ClH/c15-14-5-4-10(8-16)7-13(14)12-3-1-2-11(6-12)9-17;9-5-6-2-1-3-7(4-6)8(10)11;8-6-3-5(4-10)1-2-7(6)9;/h1-7,17H,8-9,16H2;1-4,9-11H,5H2;1-3H,4,10H2;1H. The maximum absolute atomic E-state index is 13.7. The lowest BCUT2D eigenvalue weighted by Crippen LogP contribution is -2.29. The lowest BCUT2D eigenvalue weighted by Gasteiger charge is -2.07. The summed E-state index contributed by atoms with van der Waals surface area (Å²) < 4.78 is 26.7. The predicted octanol–water partition coefficient (Wildman–Crippen LogP) is 3.77. The van der Waals surface area contributed by atoms with Crippen molar-refractivity contribution in [1.29, 1.82) is 0 Å². The normalized spacial score (nSPS) is 9.87. The van der Waals surface area contributed by atoms with Crippen LogP contribution in [0.2, 0.25) is 0 Å². The van der Waals surface area contributed by atoms with Crippen LogP contribution in [0.5, 0.6) is 0 Å². The number of rotatable bonds is 6. The summed E-state index contributed by atoms with van der Waals surface area (Å²) in [5.41, 5.74) is 15.8. The second kappa shape index (κ2) is 17.8. The summed E-state index contributed by atoms with van der Waals surface area (Å²) in [7, 11) is -1.46. The van der Waals surface area contributed by atoms with Gasteiger partial charge in [-0.05, 0) is 79.5 Å². The Balaban J connectivity index is 0.000000303. The number of hydrogen-bond acceptors (Lipinski definition) is 6. The van der Waals surface area contributed by atoms with E-state index < -0.39 is 7.12 Å². The quantitative estimate of drug-likeness (QED) is 0.181. The average molecular weight is 624 g/mol. The maximum Gasteiger partial charge on any atom is 0.488 e. The molecule has 6 nitrogen and oxygen atoms in total. The molecule has 208 valence electrons. The second-order valence-corrected chi connectivity index (χ2v) is 8.96. The zero-order valence-corrected chi connectivity index (χ0v) is 23.4. The molecule has 4 rings (SSSR count). The third kappa shape index (κ3) is 11.2. The van der Waals surface area contributed by atoms with Crippen molar-refractivity contribution in [2.45, 2.75) is 26.3 Å². The summed E-state index contributed by atoms with van der Waals surface area (Å²) in [6, 6.07) is 23.3. The largest absolute Gasteiger partial charge is 0.488 e. The van der Waals surface area contributed by atoms with E-state index in [9.17, 15) is 8.78 Å². The van der Waals surface area contributed by atoms with E-state index in [1.165, 1.54) is 12.1 Å². The van der Waals surface area contributed by atoms with Crippen LogP contribution in [0, 0.1) is 11.6 Å². The van der Waals surface area contributed by atoms with Gasteiger partial charge in [-0.2, -0.15) is 0 Å². The van der Waals surface area contributed by atoms with Crippen molar-refractivity contribution >= 4 is 40.9 Å². The minimum Gasteiger partial charge on any atom is -0.423 e. The van der Waals surface area contributed by atoms with E-state index in [1.54, 1.807) is 66.7 Å². The summed E-state index contributed by atoms with van der Waals surface area (Å²) in [5, 5.41) is 35.2. The fraction of sp³-hybridized carbons (Fsp3) is 0.143. The highest BCUT2D eigenvalue weighted by atomic mass is 79.9. The van der Waals surface area contributed by atoms with E-state index in [0.717, 1.165) is 22.3 Å². The molecule has 0 fully saturated rings. The van der Waals surface area contributed by atoms with Crippen LogP contribution in [0.3, 0.4) is 0 Å². The summed E-state index contributed by atoms with van der Waals surface area (Å²) in [6.45, 7) is 0.693. The van der Waals surface area contributed by atoms with Gasteiger partial charge in [0.2, 0.25) is 0 Å². The Labute approximate surface area is 241 Å². The predicted molar refractivity (Wildman–Crippen MR) is 157 cm³/mol. The van der Waals surface area contributed by atoms with Crippen LogP contribution in [0.1, 0.15) is 22.3 Å². The van der Waals surface area contributed by atoms with Gasteiger partial charge in [-0.1, -0.05) is 54.6 Å². The molecule has 0 saturated carbocycles. The van der Waals surface area contributed by atoms with Gasteiger partial charge in [0, 0.05) is 18.7 Å². The summed E-state index contributed by atoms with van der Waals surface area (Å²) in [4.78, 5) is 0. The number of aliphatic hydroxyl groups is 2. The molecular weight excluding hydrogens is 592 g/mol. The van der Waals surface area contributed by atoms with E-state index in [-0.39, 0.29) is 37.3 Å². The van der Waals surface area contributed by atoms with Gasteiger partial charge in [0.05, 0.1) is 17.7 Å². The molecular formula is C28H31BBrClF2N2O4. The third-order valence-electron chi connectivity index (χ3n) is 5.34. The van der Waals surface area contributed by atoms with E-state index >= 15 is 0 Å². The molecule has 0 spiro atoms. The first-order valence-electron chi connectivity index (χ1n) is 11.6. The first-order valence-corrected chi connectivity index (χ1v) is 12.4. The monoisotopic (exact) mass is 622 g/mol. The zero-order chi connectivity index (χ0) is 28.1. The minimum atomic E-state index is -1.46. The van der Waals surface area contributed by atoms with Gasteiger partial charge >= 0.3 is 7.12 Å². The SMILES string of the molecule is Cl.NCc1ccc(F)c(-c2cccc(CO)c2)c1.NCc1ccc(F)c(Br)c1.OCc1cccc(B(O)O)c1. The summed E-state index contributed by atoms with van der Waals surface area (Å²) in [5.74, 6) is -0.533. The lowest BCUT2D eigenvalue weighted by molar-refractivity contribution is 0.281. The molecule has 0 radical (unpaired) electrons. The molecule has 0 atom stereocenters. The highest BCUT2D eigenvalue weighted by Crippen LogP contribution is 2.25. The van der Waals surface area contributed by atoms with Crippen molar-refractivity contribution in [2.24, 2.45) is 11.5 Å². The molecule has 0 amide bonds. The number of halogens is 4. The molecule has 0 heterocycles. The number of benzene rings is 4.